The highest BCUT2D eigenvalue weighted by molar-refractivity contribution is 5.88. The highest BCUT2D eigenvalue weighted by atomic mass is 16.5. The van der Waals surface area contributed by atoms with Gasteiger partial charge >= 0.3 is 0 Å². The fourth-order valence-electron chi connectivity index (χ4n) is 2.97. The molecule has 0 unspecified atom stereocenters. The monoisotopic (exact) mass is 305 g/mol. The normalized spacial score (nSPS) is 10.7. The first-order valence-electron chi connectivity index (χ1n) is 8.28. The Balaban J connectivity index is 1.96. The van der Waals surface area contributed by atoms with Crippen molar-refractivity contribution in [2.24, 2.45) is 0 Å². The van der Waals surface area contributed by atoms with Gasteiger partial charge in [-0.05, 0) is 41.8 Å². The second-order valence-electron chi connectivity index (χ2n) is 5.56. The summed E-state index contributed by atoms with van der Waals surface area (Å²) in [6.45, 7) is 5.65. The first kappa shape index (κ1) is 15.4. The number of benzene rings is 3. The summed E-state index contributed by atoms with van der Waals surface area (Å²) < 4.78 is 5.85. The third-order valence-corrected chi connectivity index (χ3v) is 4.15. The van der Waals surface area contributed by atoms with Gasteiger partial charge in [0, 0.05) is 17.8 Å². The lowest BCUT2D eigenvalue weighted by molar-refractivity contribution is 0.337. The second-order valence-corrected chi connectivity index (χ2v) is 5.56. The van der Waals surface area contributed by atoms with E-state index in [1.54, 1.807) is 0 Å². The van der Waals surface area contributed by atoms with Gasteiger partial charge in [0.1, 0.15) is 5.75 Å². The molecule has 0 radical (unpaired) electrons. The van der Waals surface area contributed by atoms with E-state index >= 15 is 0 Å². The lowest BCUT2D eigenvalue weighted by Gasteiger charge is -2.16. The molecule has 3 aromatic carbocycles. The molecule has 0 aliphatic rings. The Bertz CT molecular complexity index is 795. The van der Waals surface area contributed by atoms with Crippen molar-refractivity contribution in [1.82, 2.24) is 0 Å². The summed E-state index contributed by atoms with van der Waals surface area (Å²) in [6, 6.07) is 21.2. The smallest absolute Gasteiger partial charge is 0.124 e. The number of anilines is 1. The van der Waals surface area contributed by atoms with E-state index in [0.717, 1.165) is 18.7 Å². The van der Waals surface area contributed by atoms with E-state index in [0.29, 0.717) is 6.61 Å². The number of hydrogen-bond acceptors (Lipinski definition) is 2. The first-order chi connectivity index (χ1) is 11.3. The minimum atomic E-state index is 0.677. The Labute approximate surface area is 138 Å². The molecular formula is C21H23NO. The summed E-state index contributed by atoms with van der Waals surface area (Å²) in [5.74, 6) is 0.965. The average Bonchev–Trinajstić information content (AvgIpc) is 2.61. The molecule has 0 heterocycles. The van der Waals surface area contributed by atoms with E-state index in [-0.39, 0.29) is 0 Å². The lowest BCUT2D eigenvalue weighted by atomic mass is 10.0. The quantitative estimate of drug-likeness (QED) is 0.657. The standard InChI is InChI=1S/C21H23NO/c1-3-16-9-6-8-12-20(16)22-15-19-18-11-7-5-10-17(18)13-14-21(19)23-4-2/h5-14,22H,3-4,15H2,1-2H3. The summed E-state index contributed by atoms with van der Waals surface area (Å²) in [5, 5.41) is 6.09. The Hall–Kier alpha value is -2.48. The van der Waals surface area contributed by atoms with Crippen molar-refractivity contribution < 1.29 is 4.74 Å². The van der Waals surface area contributed by atoms with Gasteiger partial charge in [0.25, 0.3) is 0 Å². The Morgan fingerprint density at radius 1 is 0.870 bits per heavy atom. The van der Waals surface area contributed by atoms with Crippen LogP contribution in [0.2, 0.25) is 0 Å². The van der Waals surface area contributed by atoms with Gasteiger partial charge in [-0.15, -0.1) is 0 Å². The van der Waals surface area contributed by atoms with Gasteiger partial charge in [-0.1, -0.05) is 55.5 Å². The minimum Gasteiger partial charge on any atom is -0.494 e. The zero-order chi connectivity index (χ0) is 16.1. The maximum atomic E-state index is 5.85. The van der Waals surface area contributed by atoms with Gasteiger partial charge in [0.2, 0.25) is 0 Å². The lowest BCUT2D eigenvalue weighted by Crippen LogP contribution is -2.05. The van der Waals surface area contributed by atoms with Crippen LogP contribution >= 0.6 is 0 Å². The molecule has 0 spiro atoms. The van der Waals surface area contributed by atoms with Crippen LogP contribution in [0.1, 0.15) is 25.0 Å². The Morgan fingerprint density at radius 2 is 1.65 bits per heavy atom. The van der Waals surface area contributed by atoms with Crippen molar-refractivity contribution in [2.75, 3.05) is 11.9 Å². The molecule has 23 heavy (non-hydrogen) atoms. The van der Waals surface area contributed by atoms with Crippen LogP contribution in [0.4, 0.5) is 5.69 Å². The van der Waals surface area contributed by atoms with Crippen LogP contribution in [0, 0.1) is 0 Å². The molecule has 0 saturated heterocycles. The number of nitrogens with one attached hydrogen (secondary N) is 1. The number of para-hydroxylation sites is 1. The van der Waals surface area contributed by atoms with E-state index in [1.165, 1.54) is 27.6 Å². The van der Waals surface area contributed by atoms with Crippen molar-refractivity contribution in [2.45, 2.75) is 26.8 Å². The van der Waals surface area contributed by atoms with Crippen LogP contribution in [0.5, 0.6) is 5.75 Å². The number of fused-ring (bicyclic) bond motifs is 1. The van der Waals surface area contributed by atoms with Gasteiger partial charge in [-0.3, -0.25) is 0 Å². The number of hydrogen-bond donors (Lipinski definition) is 1. The molecule has 0 aliphatic heterocycles. The summed E-state index contributed by atoms with van der Waals surface area (Å²) in [4.78, 5) is 0. The molecule has 0 bridgehead atoms. The van der Waals surface area contributed by atoms with Crippen LogP contribution in [-0.4, -0.2) is 6.61 Å². The summed E-state index contributed by atoms with van der Waals surface area (Å²) >= 11 is 0. The molecule has 2 heteroatoms. The SMILES string of the molecule is CCOc1ccc2ccccc2c1CNc1ccccc1CC. The highest BCUT2D eigenvalue weighted by Gasteiger charge is 2.09. The predicted molar refractivity (Wildman–Crippen MR) is 98.3 cm³/mol. The molecule has 1 N–H and O–H groups in total. The van der Waals surface area contributed by atoms with Crippen molar-refractivity contribution in [3.05, 3.63) is 71.8 Å². The van der Waals surface area contributed by atoms with Gasteiger partial charge in [-0.2, -0.15) is 0 Å². The molecular weight excluding hydrogens is 282 g/mol. The van der Waals surface area contributed by atoms with Gasteiger partial charge < -0.3 is 10.1 Å². The molecule has 0 amide bonds. The third-order valence-electron chi connectivity index (χ3n) is 4.15. The molecule has 0 saturated carbocycles. The second kappa shape index (κ2) is 7.19. The maximum absolute atomic E-state index is 5.85. The largest absolute Gasteiger partial charge is 0.494 e. The van der Waals surface area contributed by atoms with Crippen molar-refractivity contribution >= 4 is 16.5 Å². The fraction of sp³-hybridized carbons (Fsp3) is 0.238. The molecule has 3 rings (SSSR count). The third kappa shape index (κ3) is 3.31. The van der Waals surface area contributed by atoms with Gasteiger partial charge in [-0.25, -0.2) is 0 Å². The average molecular weight is 305 g/mol. The van der Waals surface area contributed by atoms with E-state index in [2.05, 4.69) is 72.9 Å². The van der Waals surface area contributed by atoms with Crippen LogP contribution in [-0.2, 0) is 13.0 Å². The van der Waals surface area contributed by atoms with E-state index in [4.69, 9.17) is 4.74 Å². The summed E-state index contributed by atoms with van der Waals surface area (Å²) in [5.41, 5.74) is 3.76. The van der Waals surface area contributed by atoms with E-state index in [1.807, 2.05) is 6.92 Å². The topological polar surface area (TPSA) is 21.3 Å². The predicted octanol–water partition coefficient (Wildman–Crippen LogP) is 5.41. The molecule has 0 aromatic heterocycles. The Kier molecular flexibility index (Phi) is 4.82. The highest BCUT2D eigenvalue weighted by Crippen LogP contribution is 2.29. The van der Waals surface area contributed by atoms with E-state index < -0.39 is 0 Å². The summed E-state index contributed by atoms with van der Waals surface area (Å²) in [6.07, 6.45) is 1.02. The fourth-order valence-corrected chi connectivity index (χ4v) is 2.97. The first-order valence-corrected chi connectivity index (χ1v) is 8.28. The van der Waals surface area contributed by atoms with Gasteiger partial charge in [0.15, 0.2) is 0 Å². The maximum Gasteiger partial charge on any atom is 0.124 e. The minimum absolute atomic E-state index is 0.677. The molecule has 118 valence electrons. The van der Waals surface area contributed by atoms with Crippen LogP contribution in [0.3, 0.4) is 0 Å². The van der Waals surface area contributed by atoms with Gasteiger partial charge in [0.05, 0.1) is 6.61 Å². The number of aryl methyl sites for hydroxylation is 1. The number of rotatable bonds is 6. The van der Waals surface area contributed by atoms with Crippen LogP contribution < -0.4 is 10.1 Å². The van der Waals surface area contributed by atoms with Crippen molar-refractivity contribution in [1.29, 1.82) is 0 Å². The van der Waals surface area contributed by atoms with E-state index in [9.17, 15) is 0 Å². The van der Waals surface area contributed by atoms with Crippen LogP contribution in [0.15, 0.2) is 60.7 Å². The van der Waals surface area contributed by atoms with Crippen molar-refractivity contribution in [3.8, 4) is 5.75 Å². The van der Waals surface area contributed by atoms with Crippen LogP contribution in [0.25, 0.3) is 10.8 Å². The summed E-state index contributed by atoms with van der Waals surface area (Å²) in [7, 11) is 0. The Morgan fingerprint density at radius 3 is 2.48 bits per heavy atom. The molecule has 0 atom stereocenters. The molecule has 0 fully saturated rings. The number of ether oxygens (including phenoxy) is 1. The molecule has 0 aliphatic carbocycles. The molecule has 2 nitrogen and oxygen atoms in total. The molecule has 3 aromatic rings. The zero-order valence-corrected chi connectivity index (χ0v) is 13.8. The van der Waals surface area contributed by atoms with Crippen molar-refractivity contribution in [3.63, 3.8) is 0 Å². The zero-order valence-electron chi connectivity index (χ0n) is 13.8.